The predicted octanol–water partition coefficient (Wildman–Crippen LogP) is 3.30. The number of ether oxygens (including phenoxy) is 2. The summed E-state index contributed by atoms with van der Waals surface area (Å²) in [5, 5.41) is 3.63. The van der Waals surface area contributed by atoms with E-state index in [1.165, 1.54) is 24.0 Å². The van der Waals surface area contributed by atoms with Gasteiger partial charge in [-0.3, -0.25) is 0 Å². The van der Waals surface area contributed by atoms with Gasteiger partial charge in [-0.1, -0.05) is 6.92 Å². The van der Waals surface area contributed by atoms with E-state index in [9.17, 15) is 0 Å². The van der Waals surface area contributed by atoms with Crippen molar-refractivity contribution in [2.75, 3.05) is 6.61 Å². The Bertz CT molecular complexity index is 480. The van der Waals surface area contributed by atoms with Crippen LogP contribution in [0.3, 0.4) is 0 Å². The fourth-order valence-corrected chi connectivity index (χ4v) is 3.23. The van der Waals surface area contributed by atoms with Crippen LogP contribution in [0.1, 0.15) is 44.7 Å². The molecule has 0 amide bonds. The number of hydrogen-bond acceptors (Lipinski definition) is 3. The Kier molecular flexibility index (Phi) is 3.88. The topological polar surface area (TPSA) is 30.5 Å². The highest BCUT2D eigenvalue weighted by Crippen LogP contribution is 2.35. The van der Waals surface area contributed by atoms with E-state index in [0.29, 0.717) is 12.6 Å². The highest BCUT2D eigenvalue weighted by molar-refractivity contribution is 5.48. The van der Waals surface area contributed by atoms with Crippen LogP contribution in [-0.2, 0) is 13.0 Å². The summed E-state index contributed by atoms with van der Waals surface area (Å²) in [7, 11) is 0. The average molecular weight is 275 g/mol. The largest absolute Gasteiger partial charge is 0.494 e. The molecule has 3 rings (SSSR count). The monoisotopic (exact) mass is 275 g/mol. The molecule has 1 saturated carbocycles. The molecule has 1 aromatic carbocycles. The van der Waals surface area contributed by atoms with Gasteiger partial charge >= 0.3 is 0 Å². The molecule has 20 heavy (non-hydrogen) atoms. The molecule has 3 heteroatoms. The number of nitrogens with one attached hydrogen (secondary N) is 1. The Morgan fingerprint density at radius 1 is 1.30 bits per heavy atom. The first kappa shape index (κ1) is 13.7. The molecule has 0 spiro atoms. The van der Waals surface area contributed by atoms with Gasteiger partial charge in [0.1, 0.15) is 17.6 Å². The summed E-state index contributed by atoms with van der Waals surface area (Å²) in [6.45, 7) is 8.06. The van der Waals surface area contributed by atoms with Gasteiger partial charge in [0.25, 0.3) is 0 Å². The third-order valence-corrected chi connectivity index (χ3v) is 4.33. The number of rotatable bonds is 5. The van der Waals surface area contributed by atoms with Gasteiger partial charge in [0, 0.05) is 30.1 Å². The molecule has 1 aromatic rings. The maximum atomic E-state index is 5.86. The molecule has 0 radical (unpaired) electrons. The van der Waals surface area contributed by atoms with E-state index >= 15 is 0 Å². The molecule has 1 aliphatic heterocycles. The van der Waals surface area contributed by atoms with E-state index in [-0.39, 0.29) is 6.10 Å². The van der Waals surface area contributed by atoms with Crippen LogP contribution in [0.5, 0.6) is 11.5 Å². The Labute approximate surface area is 121 Å². The fourth-order valence-electron chi connectivity index (χ4n) is 3.23. The quantitative estimate of drug-likeness (QED) is 0.894. The zero-order chi connectivity index (χ0) is 14.1. The van der Waals surface area contributed by atoms with E-state index in [1.54, 1.807) is 0 Å². The van der Waals surface area contributed by atoms with Crippen LogP contribution in [0, 0.1) is 5.92 Å². The normalized spacial score (nSPS) is 27.6. The summed E-state index contributed by atoms with van der Waals surface area (Å²) >= 11 is 0. The van der Waals surface area contributed by atoms with Crippen LogP contribution < -0.4 is 14.8 Å². The lowest BCUT2D eigenvalue weighted by atomic mass is 9.82. The van der Waals surface area contributed by atoms with E-state index in [1.807, 2.05) is 6.92 Å². The molecule has 0 saturated heterocycles. The first-order valence-corrected chi connectivity index (χ1v) is 7.84. The molecule has 1 heterocycles. The van der Waals surface area contributed by atoms with Crippen LogP contribution in [0.25, 0.3) is 0 Å². The van der Waals surface area contributed by atoms with Gasteiger partial charge in [-0.2, -0.15) is 0 Å². The molecule has 1 N–H and O–H groups in total. The van der Waals surface area contributed by atoms with Crippen molar-refractivity contribution in [3.8, 4) is 11.5 Å². The molecule has 1 atom stereocenters. The van der Waals surface area contributed by atoms with Gasteiger partial charge in [0.15, 0.2) is 0 Å². The van der Waals surface area contributed by atoms with Crippen molar-refractivity contribution >= 4 is 0 Å². The second-order valence-corrected chi connectivity index (χ2v) is 6.29. The summed E-state index contributed by atoms with van der Waals surface area (Å²) in [6.07, 6.45) is 3.86. The van der Waals surface area contributed by atoms with Crippen molar-refractivity contribution in [1.82, 2.24) is 5.32 Å². The molecule has 0 aromatic heterocycles. The highest BCUT2D eigenvalue weighted by atomic mass is 16.5. The minimum Gasteiger partial charge on any atom is -0.494 e. The lowest BCUT2D eigenvalue weighted by molar-refractivity contribution is 0.238. The molecule has 3 nitrogen and oxygen atoms in total. The smallest absolute Gasteiger partial charge is 0.124 e. The van der Waals surface area contributed by atoms with Gasteiger partial charge in [-0.15, -0.1) is 0 Å². The lowest BCUT2D eigenvalue weighted by Gasteiger charge is -2.33. The van der Waals surface area contributed by atoms with Crippen LogP contribution in [0.15, 0.2) is 12.1 Å². The molecule has 2 aliphatic rings. The first-order valence-electron chi connectivity index (χ1n) is 7.84. The highest BCUT2D eigenvalue weighted by Gasteiger charge is 2.26. The van der Waals surface area contributed by atoms with Crippen molar-refractivity contribution in [1.29, 1.82) is 0 Å². The van der Waals surface area contributed by atoms with Crippen LogP contribution in [0.4, 0.5) is 0 Å². The Morgan fingerprint density at radius 3 is 2.80 bits per heavy atom. The van der Waals surface area contributed by atoms with Crippen molar-refractivity contribution < 1.29 is 9.47 Å². The standard InChI is InChI=1S/C17H25NO2/c1-4-19-16-8-13-7-12(3)20-17(13)9-14(16)10-18-15-5-11(2)6-15/h8-9,11-12,15,18H,4-7,10H2,1-3H3. The summed E-state index contributed by atoms with van der Waals surface area (Å²) in [4.78, 5) is 0. The minimum atomic E-state index is 0.287. The van der Waals surface area contributed by atoms with Crippen LogP contribution in [-0.4, -0.2) is 18.8 Å². The average Bonchev–Trinajstić information content (AvgIpc) is 2.72. The Hall–Kier alpha value is -1.22. The molecular formula is C17H25NO2. The SMILES string of the molecule is CCOc1cc2c(cc1CNC1CC(C)C1)OC(C)C2. The van der Waals surface area contributed by atoms with E-state index < -0.39 is 0 Å². The summed E-state index contributed by atoms with van der Waals surface area (Å²) in [5.41, 5.74) is 2.50. The van der Waals surface area contributed by atoms with Crippen molar-refractivity contribution in [2.45, 2.75) is 58.7 Å². The second-order valence-electron chi connectivity index (χ2n) is 6.29. The maximum absolute atomic E-state index is 5.86. The van der Waals surface area contributed by atoms with Crippen molar-refractivity contribution in [3.05, 3.63) is 23.3 Å². The molecule has 0 bridgehead atoms. The minimum absolute atomic E-state index is 0.287. The number of fused-ring (bicyclic) bond motifs is 1. The van der Waals surface area contributed by atoms with Gasteiger partial charge in [0.05, 0.1) is 6.61 Å². The third-order valence-electron chi connectivity index (χ3n) is 4.33. The van der Waals surface area contributed by atoms with E-state index in [2.05, 4.69) is 31.3 Å². The van der Waals surface area contributed by atoms with Gasteiger partial charge in [0.2, 0.25) is 0 Å². The van der Waals surface area contributed by atoms with E-state index in [4.69, 9.17) is 9.47 Å². The van der Waals surface area contributed by atoms with Crippen LogP contribution in [0.2, 0.25) is 0 Å². The zero-order valence-corrected chi connectivity index (χ0v) is 12.7. The Morgan fingerprint density at radius 2 is 2.10 bits per heavy atom. The van der Waals surface area contributed by atoms with Gasteiger partial charge < -0.3 is 14.8 Å². The second kappa shape index (κ2) is 5.65. The molecule has 1 unspecified atom stereocenters. The molecule has 1 aliphatic carbocycles. The van der Waals surface area contributed by atoms with E-state index in [0.717, 1.165) is 30.4 Å². The molecule has 1 fully saturated rings. The van der Waals surface area contributed by atoms with Gasteiger partial charge in [-0.25, -0.2) is 0 Å². The van der Waals surface area contributed by atoms with Gasteiger partial charge in [-0.05, 0) is 44.7 Å². The fraction of sp³-hybridized carbons (Fsp3) is 0.647. The number of hydrogen-bond donors (Lipinski definition) is 1. The summed E-state index contributed by atoms with van der Waals surface area (Å²) < 4.78 is 11.7. The summed E-state index contributed by atoms with van der Waals surface area (Å²) in [5.74, 6) is 2.94. The third kappa shape index (κ3) is 2.78. The maximum Gasteiger partial charge on any atom is 0.124 e. The zero-order valence-electron chi connectivity index (χ0n) is 12.7. The molecular weight excluding hydrogens is 250 g/mol. The lowest BCUT2D eigenvalue weighted by Crippen LogP contribution is -2.39. The van der Waals surface area contributed by atoms with Crippen molar-refractivity contribution in [2.24, 2.45) is 5.92 Å². The van der Waals surface area contributed by atoms with Crippen molar-refractivity contribution in [3.63, 3.8) is 0 Å². The predicted molar refractivity (Wildman–Crippen MR) is 80.4 cm³/mol. The Balaban J connectivity index is 1.72. The summed E-state index contributed by atoms with van der Waals surface area (Å²) in [6, 6.07) is 5.01. The number of benzene rings is 1. The molecule has 110 valence electrons. The van der Waals surface area contributed by atoms with Crippen LogP contribution >= 0.6 is 0 Å². The first-order chi connectivity index (χ1) is 9.65.